The number of carbonyl (C=O) groups is 7. The van der Waals surface area contributed by atoms with Gasteiger partial charge in [-0.2, -0.15) is 8.42 Å². The Balaban J connectivity index is 0.931. The van der Waals surface area contributed by atoms with E-state index in [1.54, 1.807) is 18.2 Å². The molecule has 3 N–H and O–H groups in total. The van der Waals surface area contributed by atoms with Crippen molar-refractivity contribution in [3.8, 4) is 11.1 Å². The predicted octanol–water partition coefficient (Wildman–Crippen LogP) is 9.55. The Morgan fingerprint density at radius 1 is 0.687 bits per heavy atom. The lowest BCUT2D eigenvalue weighted by molar-refractivity contribution is -0.177. The monoisotopic (exact) mass is 1010 g/mol. The second-order valence-corrected chi connectivity index (χ2v) is 22.4. The highest BCUT2D eigenvalue weighted by Gasteiger charge is 2.39. The number of carboxylic acid groups (broad SMARTS) is 1. The van der Waals surface area contributed by atoms with Crippen LogP contribution in [0.1, 0.15) is 152 Å². The first-order valence-corrected chi connectivity index (χ1v) is 28.4. The van der Waals surface area contributed by atoms with Crippen molar-refractivity contribution in [3.05, 3.63) is 47.5 Å². The van der Waals surface area contributed by atoms with Crippen LogP contribution < -0.4 is 5.32 Å². The Hall–Kier alpha value is -4.11. The van der Waals surface area contributed by atoms with Gasteiger partial charge in [0.1, 0.15) is 6.61 Å². The molecule has 3 aliphatic rings. The summed E-state index contributed by atoms with van der Waals surface area (Å²) in [6, 6.07) is 8.93. The van der Waals surface area contributed by atoms with Gasteiger partial charge in [-0.3, -0.25) is 43.1 Å². The summed E-state index contributed by atoms with van der Waals surface area (Å²) in [6.07, 6.45) is 17.3. The number of hydroxylamine groups is 2. The number of likely N-dealkylation sites (tertiary alicyclic amines) is 1. The van der Waals surface area contributed by atoms with Gasteiger partial charge in [-0.15, -0.1) is 11.8 Å². The highest BCUT2D eigenvalue weighted by Crippen LogP contribution is 2.47. The third-order valence-corrected chi connectivity index (χ3v) is 16.6. The standard InChI is InChI=1S/C47H63N3O13S4/c51-41(48-33-18-20-35-36-21-19-34(67(59,60)61)30-38(36)39(37(35)29-33)32-62-47(58)63-50-42(52)22-23-43(50)53)24-25-49-44(54)31-40(46(49)57)64-26-14-10-6-3-4-8-12-16-28-66-65-27-15-11-7-2-1-5-9-13-17-45(55)56/h18-21,29-30,39-40H,1-17,22-28,31-32H2,(H,48,51)(H,55,56)(H,59,60,61). The van der Waals surface area contributed by atoms with E-state index in [4.69, 9.17) is 14.7 Å². The van der Waals surface area contributed by atoms with Crippen molar-refractivity contribution in [1.29, 1.82) is 0 Å². The predicted molar refractivity (Wildman–Crippen MR) is 259 cm³/mol. The van der Waals surface area contributed by atoms with Gasteiger partial charge in [0.05, 0.1) is 10.1 Å². The Kier molecular flexibility index (Phi) is 22.3. The van der Waals surface area contributed by atoms with E-state index in [0.717, 1.165) is 49.2 Å². The average molecular weight is 1010 g/mol. The smallest absolute Gasteiger partial charge is 0.481 e. The van der Waals surface area contributed by atoms with Crippen LogP contribution in [0.15, 0.2) is 41.3 Å². The molecule has 1 aliphatic carbocycles. The molecule has 0 aromatic heterocycles. The van der Waals surface area contributed by atoms with E-state index in [9.17, 15) is 46.5 Å². The van der Waals surface area contributed by atoms with Gasteiger partial charge in [-0.1, -0.05) is 116 Å². The third-order valence-electron chi connectivity index (χ3n) is 11.9. The van der Waals surface area contributed by atoms with Crippen LogP contribution >= 0.6 is 33.3 Å². The lowest BCUT2D eigenvalue weighted by Crippen LogP contribution is -2.34. The number of imide groups is 2. The number of nitrogens with one attached hydrogen (secondary N) is 1. The van der Waals surface area contributed by atoms with Gasteiger partial charge in [-0.05, 0) is 78.0 Å². The van der Waals surface area contributed by atoms with Crippen LogP contribution in [0.3, 0.4) is 0 Å². The molecule has 2 unspecified atom stereocenters. The maximum absolute atomic E-state index is 13.1. The van der Waals surface area contributed by atoms with Crippen LogP contribution in [-0.2, 0) is 48.5 Å². The maximum atomic E-state index is 13.1. The number of aliphatic carboxylic acids is 1. The summed E-state index contributed by atoms with van der Waals surface area (Å²) >= 11 is 1.50. The molecule has 2 aromatic rings. The summed E-state index contributed by atoms with van der Waals surface area (Å²) < 4.78 is 39.0. The number of fused-ring (bicyclic) bond motifs is 3. The Morgan fingerprint density at radius 3 is 1.81 bits per heavy atom. The SMILES string of the molecule is O=C(O)CCCCCCCCCCSSCCCCCCCCCCSC1CC(=O)N(CCC(=O)Nc2ccc3c(c2)C(COC(=O)ON2C(=O)CCC2=O)c2cc(S(=O)(=O)O)ccc2-3)C1=O. The largest absolute Gasteiger partial charge is 0.533 e. The number of hydrogen-bond donors (Lipinski definition) is 3. The highest BCUT2D eigenvalue weighted by molar-refractivity contribution is 8.76. The molecule has 2 saturated heterocycles. The van der Waals surface area contributed by atoms with Crippen LogP contribution in [-0.4, -0.2) is 105 Å². The fourth-order valence-corrected chi connectivity index (χ4v) is 12.3. The topological polar surface area (TPSA) is 231 Å². The van der Waals surface area contributed by atoms with Gasteiger partial charge >= 0.3 is 12.1 Å². The summed E-state index contributed by atoms with van der Waals surface area (Å²) in [4.78, 5) is 91.5. The zero-order chi connectivity index (χ0) is 48.2. The summed E-state index contributed by atoms with van der Waals surface area (Å²) in [7, 11) is -0.616. The van der Waals surface area contributed by atoms with Crippen molar-refractivity contribution in [2.45, 2.75) is 151 Å². The Bertz CT molecular complexity index is 2160. The van der Waals surface area contributed by atoms with Crippen LogP contribution in [0.25, 0.3) is 11.1 Å². The summed E-state index contributed by atoms with van der Waals surface area (Å²) in [5.41, 5.74) is 2.50. The summed E-state index contributed by atoms with van der Waals surface area (Å²) in [5.74, 6) is -0.744. The first kappa shape index (κ1) is 53.8. The quantitative estimate of drug-likeness (QED) is 0.0204. The first-order chi connectivity index (χ1) is 32.2. The van der Waals surface area contributed by atoms with Gasteiger partial charge < -0.3 is 15.2 Å². The number of ether oxygens (including phenoxy) is 1. The van der Waals surface area contributed by atoms with E-state index in [-0.39, 0.29) is 48.9 Å². The number of rotatable bonds is 32. The lowest BCUT2D eigenvalue weighted by atomic mass is 9.97. The second-order valence-electron chi connectivity index (χ2n) is 17.0. The molecule has 0 spiro atoms. The van der Waals surface area contributed by atoms with Crippen molar-refractivity contribution in [3.63, 3.8) is 0 Å². The summed E-state index contributed by atoms with van der Waals surface area (Å²) in [6.45, 7) is -0.486. The third kappa shape index (κ3) is 17.4. The molecular weight excluding hydrogens is 943 g/mol. The number of benzene rings is 2. The van der Waals surface area contributed by atoms with Crippen molar-refractivity contribution in [2.75, 3.05) is 35.7 Å². The molecular formula is C47H63N3O13S4. The van der Waals surface area contributed by atoms with E-state index in [0.29, 0.717) is 39.4 Å². The molecule has 2 aromatic carbocycles. The van der Waals surface area contributed by atoms with Gasteiger partial charge in [-0.25, -0.2) is 4.79 Å². The molecule has 0 bridgehead atoms. The van der Waals surface area contributed by atoms with Crippen LogP contribution in [0.4, 0.5) is 10.5 Å². The number of unbranched alkanes of at least 4 members (excludes halogenated alkanes) is 14. The number of amides is 5. The Labute approximate surface area is 405 Å². The maximum Gasteiger partial charge on any atom is 0.533 e. The minimum Gasteiger partial charge on any atom is -0.481 e. The fourth-order valence-electron chi connectivity index (χ4n) is 8.29. The molecule has 2 atom stereocenters. The first-order valence-electron chi connectivity index (χ1n) is 23.4. The molecule has 16 nitrogen and oxygen atoms in total. The minimum absolute atomic E-state index is 0.0741. The lowest BCUT2D eigenvalue weighted by Gasteiger charge is -2.17. The number of anilines is 1. The molecule has 2 heterocycles. The number of carboxylic acids is 1. The fraction of sp³-hybridized carbons (Fsp3) is 0.596. The zero-order valence-electron chi connectivity index (χ0n) is 37.9. The summed E-state index contributed by atoms with van der Waals surface area (Å²) in [5, 5.41) is 11.3. The van der Waals surface area contributed by atoms with Crippen molar-refractivity contribution >= 4 is 90.8 Å². The molecule has 5 amide bonds. The zero-order valence-corrected chi connectivity index (χ0v) is 41.2. The van der Waals surface area contributed by atoms with Crippen LogP contribution in [0, 0.1) is 0 Å². The van der Waals surface area contributed by atoms with E-state index >= 15 is 0 Å². The Morgan fingerprint density at radius 2 is 1.22 bits per heavy atom. The van der Waals surface area contributed by atoms with Crippen molar-refractivity contribution in [2.24, 2.45) is 0 Å². The van der Waals surface area contributed by atoms with E-state index in [1.165, 1.54) is 106 Å². The molecule has 2 fully saturated rings. The number of thioether (sulfide) groups is 1. The van der Waals surface area contributed by atoms with Crippen LogP contribution in [0.2, 0.25) is 0 Å². The number of nitrogens with zero attached hydrogens (tertiary/aromatic N) is 2. The number of carbonyl (C=O) groups excluding carboxylic acids is 6. The van der Waals surface area contributed by atoms with Gasteiger partial charge in [0.25, 0.3) is 21.9 Å². The van der Waals surface area contributed by atoms with Gasteiger partial charge in [0.15, 0.2) is 0 Å². The van der Waals surface area contributed by atoms with Crippen LogP contribution in [0.5, 0.6) is 0 Å². The molecule has 20 heteroatoms. The molecule has 2 aliphatic heterocycles. The molecule has 5 rings (SSSR count). The van der Waals surface area contributed by atoms with Gasteiger partial charge in [0, 0.05) is 61.8 Å². The van der Waals surface area contributed by atoms with Gasteiger partial charge in [0.2, 0.25) is 17.7 Å². The van der Waals surface area contributed by atoms with Crippen molar-refractivity contribution < 1.29 is 61.2 Å². The van der Waals surface area contributed by atoms with Crippen molar-refractivity contribution in [1.82, 2.24) is 9.96 Å². The molecule has 0 radical (unpaired) electrons. The number of hydrogen-bond acceptors (Lipinski definition) is 14. The van der Waals surface area contributed by atoms with E-state index < -0.39 is 57.7 Å². The normalized spacial score (nSPS) is 16.7. The second kappa shape index (κ2) is 27.8. The van der Waals surface area contributed by atoms with E-state index in [1.807, 2.05) is 21.6 Å². The molecule has 0 saturated carbocycles. The molecule has 368 valence electrons. The highest BCUT2D eigenvalue weighted by atomic mass is 33.1. The molecule has 67 heavy (non-hydrogen) atoms. The minimum atomic E-state index is -4.59. The average Bonchev–Trinajstić information content (AvgIpc) is 3.88. The van der Waals surface area contributed by atoms with E-state index in [2.05, 4.69) is 5.32 Å².